The Morgan fingerprint density at radius 3 is 2.23 bits per heavy atom. The molecule has 2 amide bonds. The molecule has 2 saturated heterocycles. The summed E-state index contributed by atoms with van der Waals surface area (Å²) in [5, 5.41) is 2.81. The molecular formula is C21H23N3O6S. The molecule has 2 aliphatic rings. The van der Waals surface area contributed by atoms with Gasteiger partial charge in [0.2, 0.25) is 10.0 Å². The van der Waals surface area contributed by atoms with Crippen LogP contribution in [0.1, 0.15) is 15.9 Å². The van der Waals surface area contributed by atoms with Gasteiger partial charge in [-0.25, -0.2) is 13.2 Å². The standard InChI is InChI=1S/C21H23N3O6S/c25-20(17-3-5-18(6-4-17)24-11-14-30-21(24)26)22-15-16-1-7-19(8-2-16)31(27,28)23-9-12-29-13-10-23/h1-8H,9-15H2,(H,22,25). The number of nitrogens with zero attached hydrogens (tertiary/aromatic N) is 2. The van der Waals surface area contributed by atoms with Gasteiger partial charge in [0.05, 0.1) is 24.7 Å². The van der Waals surface area contributed by atoms with E-state index in [1.165, 1.54) is 9.21 Å². The van der Waals surface area contributed by atoms with E-state index in [0.29, 0.717) is 50.7 Å². The predicted molar refractivity (Wildman–Crippen MR) is 112 cm³/mol. The maximum atomic E-state index is 12.7. The van der Waals surface area contributed by atoms with Crippen molar-refractivity contribution in [3.63, 3.8) is 0 Å². The van der Waals surface area contributed by atoms with Gasteiger partial charge in [0.15, 0.2) is 0 Å². The Hall–Kier alpha value is -2.95. The number of carbonyl (C=O) groups excluding carboxylic acids is 2. The van der Waals surface area contributed by atoms with Gasteiger partial charge in [0.25, 0.3) is 5.91 Å². The topological polar surface area (TPSA) is 105 Å². The molecule has 1 N–H and O–H groups in total. The number of cyclic esters (lactones) is 1. The zero-order valence-electron chi connectivity index (χ0n) is 16.8. The van der Waals surface area contributed by atoms with Gasteiger partial charge in [-0.3, -0.25) is 9.69 Å². The molecule has 2 aliphatic heterocycles. The second kappa shape index (κ2) is 9.04. The Kier molecular flexibility index (Phi) is 6.21. The lowest BCUT2D eigenvalue weighted by atomic mass is 10.1. The highest BCUT2D eigenvalue weighted by Crippen LogP contribution is 2.20. The lowest BCUT2D eigenvalue weighted by molar-refractivity contribution is 0.0730. The van der Waals surface area contributed by atoms with Crippen molar-refractivity contribution in [2.75, 3.05) is 44.4 Å². The normalized spacial score (nSPS) is 17.4. The first-order chi connectivity index (χ1) is 14.9. The maximum absolute atomic E-state index is 12.7. The number of amides is 2. The highest BCUT2D eigenvalue weighted by atomic mass is 32.2. The monoisotopic (exact) mass is 445 g/mol. The van der Waals surface area contributed by atoms with Gasteiger partial charge in [-0.15, -0.1) is 0 Å². The van der Waals surface area contributed by atoms with Crippen LogP contribution in [-0.4, -0.2) is 64.2 Å². The maximum Gasteiger partial charge on any atom is 0.414 e. The summed E-state index contributed by atoms with van der Waals surface area (Å²) in [5.41, 5.74) is 1.92. The fourth-order valence-corrected chi connectivity index (χ4v) is 4.83. The minimum atomic E-state index is -3.54. The van der Waals surface area contributed by atoms with Gasteiger partial charge in [0.1, 0.15) is 6.61 Å². The van der Waals surface area contributed by atoms with E-state index in [0.717, 1.165) is 5.56 Å². The van der Waals surface area contributed by atoms with E-state index in [9.17, 15) is 18.0 Å². The molecule has 2 aromatic carbocycles. The number of hydrogen-bond acceptors (Lipinski definition) is 6. The molecule has 9 nitrogen and oxygen atoms in total. The van der Waals surface area contributed by atoms with E-state index in [1.54, 1.807) is 48.5 Å². The molecule has 31 heavy (non-hydrogen) atoms. The summed E-state index contributed by atoms with van der Waals surface area (Å²) in [6.07, 6.45) is -0.392. The number of benzene rings is 2. The Morgan fingerprint density at radius 2 is 1.61 bits per heavy atom. The molecule has 0 aromatic heterocycles. The van der Waals surface area contributed by atoms with Gasteiger partial charge in [-0.05, 0) is 42.0 Å². The average Bonchev–Trinajstić information content (AvgIpc) is 3.24. The van der Waals surface area contributed by atoms with Crippen LogP contribution in [0.25, 0.3) is 0 Å². The fraction of sp³-hybridized carbons (Fsp3) is 0.333. The molecule has 0 aliphatic carbocycles. The second-order valence-corrected chi connectivity index (χ2v) is 9.09. The summed E-state index contributed by atoms with van der Waals surface area (Å²) in [6.45, 7) is 2.58. The van der Waals surface area contributed by atoms with Crippen molar-refractivity contribution >= 4 is 27.7 Å². The van der Waals surface area contributed by atoms with Gasteiger partial charge in [-0.1, -0.05) is 12.1 Å². The number of rotatable bonds is 6. The van der Waals surface area contributed by atoms with E-state index < -0.39 is 16.1 Å². The molecule has 0 atom stereocenters. The van der Waals surface area contributed by atoms with Crippen LogP contribution in [0.15, 0.2) is 53.4 Å². The first-order valence-electron chi connectivity index (χ1n) is 9.94. The molecule has 2 fully saturated rings. The molecule has 10 heteroatoms. The summed E-state index contributed by atoms with van der Waals surface area (Å²) < 4.78 is 36.9. The quantitative estimate of drug-likeness (QED) is 0.724. The van der Waals surface area contributed by atoms with Crippen molar-refractivity contribution in [1.29, 1.82) is 0 Å². The minimum Gasteiger partial charge on any atom is -0.447 e. The Labute approximate surface area is 180 Å². The molecule has 0 radical (unpaired) electrons. The first-order valence-corrected chi connectivity index (χ1v) is 11.4. The van der Waals surface area contributed by atoms with Crippen LogP contribution in [0.2, 0.25) is 0 Å². The SMILES string of the molecule is O=C(NCc1ccc(S(=O)(=O)N2CCOCC2)cc1)c1ccc(N2CCOC2=O)cc1. The first kappa shape index (κ1) is 21.3. The van der Waals surface area contributed by atoms with E-state index in [2.05, 4.69) is 5.32 Å². The molecule has 0 unspecified atom stereocenters. The van der Waals surface area contributed by atoms with Crippen LogP contribution in [0.3, 0.4) is 0 Å². The number of sulfonamides is 1. The molecule has 2 heterocycles. The van der Waals surface area contributed by atoms with Gasteiger partial charge >= 0.3 is 6.09 Å². The lowest BCUT2D eigenvalue weighted by Crippen LogP contribution is -2.40. The fourth-order valence-electron chi connectivity index (χ4n) is 3.42. The van der Waals surface area contributed by atoms with Crippen LogP contribution in [0.5, 0.6) is 0 Å². The van der Waals surface area contributed by atoms with Crippen LogP contribution in [-0.2, 0) is 26.0 Å². The summed E-state index contributed by atoms with van der Waals surface area (Å²) >= 11 is 0. The molecule has 4 rings (SSSR count). The second-order valence-electron chi connectivity index (χ2n) is 7.16. The highest BCUT2D eigenvalue weighted by molar-refractivity contribution is 7.89. The molecule has 0 saturated carbocycles. The van der Waals surface area contributed by atoms with E-state index in [1.807, 2.05) is 0 Å². The molecule has 2 aromatic rings. The smallest absolute Gasteiger partial charge is 0.414 e. The Morgan fingerprint density at radius 1 is 0.935 bits per heavy atom. The van der Waals surface area contributed by atoms with Crippen LogP contribution in [0.4, 0.5) is 10.5 Å². The average molecular weight is 445 g/mol. The number of anilines is 1. The van der Waals surface area contributed by atoms with Crippen molar-refractivity contribution in [3.05, 3.63) is 59.7 Å². The van der Waals surface area contributed by atoms with Crippen LogP contribution < -0.4 is 10.2 Å². The summed E-state index contributed by atoms with van der Waals surface area (Å²) in [5.74, 6) is -0.263. The Bertz CT molecular complexity index is 1050. The van der Waals surface area contributed by atoms with Crippen LogP contribution in [0, 0.1) is 0 Å². The number of nitrogens with one attached hydrogen (secondary N) is 1. The molecule has 0 bridgehead atoms. The Balaban J connectivity index is 1.34. The largest absolute Gasteiger partial charge is 0.447 e. The van der Waals surface area contributed by atoms with Gasteiger partial charge in [0, 0.05) is 30.9 Å². The lowest BCUT2D eigenvalue weighted by Gasteiger charge is -2.26. The number of carbonyl (C=O) groups is 2. The van der Waals surface area contributed by atoms with Crippen molar-refractivity contribution < 1.29 is 27.5 Å². The van der Waals surface area contributed by atoms with Crippen molar-refractivity contribution in [3.8, 4) is 0 Å². The van der Waals surface area contributed by atoms with Gasteiger partial charge < -0.3 is 14.8 Å². The van der Waals surface area contributed by atoms with E-state index in [-0.39, 0.29) is 17.3 Å². The molecule has 0 spiro atoms. The minimum absolute atomic E-state index is 0.223. The third-order valence-electron chi connectivity index (χ3n) is 5.19. The third kappa shape index (κ3) is 4.71. The third-order valence-corrected chi connectivity index (χ3v) is 7.10. The van der Waals surface area contributed by atoms with Gasteiger partial charge in [-0.2, -0.15) is 4.31 Å². The van der Waals surface area contributed by atoms with E-state index >= 15 is 0 Å². The zero-order valence-corrected chi connectivity index (χ0v) is 17.6. The van der Waals surface area contributed by atoms with Crippen molar-refractivity contribution in [2.45, 2.75) is 11.4 Å². The number of hydrogen-bond donors (Lipinski definition) is 1. The predicted octanol–water partition coefficient (Wildman–Crippen LogP) is 1.59. The number of ether oxygens (including phenoxy) is 2. The van der Waals surface area contributed by atoms with E-state index in [4.69, 9.17) is 9.47 Å². The summed E-state index contributed by atoms with van der Waals surface area (Å²) in [7, 11) is -3.54. The number of morpholine rings is 1. The van der Waals surface area contributed by atoms with Crippen molar-refractivity contribution in [2.24, 2.45) is 0 Å². The zero-order chi connectivity index (χ0) is 21.8. The highest BCUT2D eigenvalue weighted by Gasteiger charge is 2.26. The summed E-state index contributed by atoms with van der Waals surface area (Å²) in [6, 6.07) is 13.2. The molecule has 164 valence electrons. The van der Waals surface area contributed by atoms with Crippen molar-refractivity contribution in [1.82, 2.24) is 9.62 Å². The van der Waals surface area contributed by atoms with Crippen LogP contribution >= 0.6 is 0 Å². The summed E-state index contributed by atoms with van der Waals surface area (Å²) in [4.78, 5) is 25.8. The molecular weight excluding hydrogens is 422 g/mol.